The van der Waals surface area contributed by atoms with Gasteiger partial charge in [0, 0.05) is 6.54 Å². The molecule has 1 fully saturated rings. The van der Waals surface area contributed by atoms with Crippen LogP contribution in [0.4, 0.5) is 5.95 Å². The Hall–Kier alpha value is -2.12. The Morgan fingerprint density at radius 1 is 1.52 bits per heavy atom. The van der Waals surface area contributed by atoms with E-state index in [1.807, 2.05) is 13.8 Å². The molecule has 1 aromatic carbocycles. The fourth-order valence-electron chi connectivity index (χ4n) is 2.51. The SMILES string of the molecule is CCOC(=O)c1ccc2nc(NC[C@H]3COC(C)(C)O3)[nH]c2c1. The van der Waals surface area contributed by atoms with Crippen LogP contribution in [0.1, 0.15) is 31.1 Å². The van der Waals surface area contributed by atoms with Crippen LogP contribution in [0.3, 0.4) is 0 Å². The standard InChI is InChI=1S/C16H21N3O4/c1-4-21-14(20)10-5-6-12-13(7-10)19-15(18-12)17-8-11-9-22-16(2,3)23-11/h5-7,11H,4,8-9H2,1-3H3,(H2,17,18,19)/t11-/m0/s1. The molecule has 0 radical (unpaired) electrons. The Bertz CT molecular complexity index is 710. The molecule has 7 heteroatoms. The summed E-state index contributed by atoms with van der Waals surface area (Å²) in [6, 6.07) is 5.24. The molecule has 2 aromatic rings. The summed E-state index contributed by atoms with van der Waals surface area (Å²) in [5, 5.41) is 3.20. The first kappa shape index (κ1) is 15.8. The van der Waals surface area contributed by atoms with Gasteiger partial charge in [-0.25, -0.2) is 9.78 Å². The topological polar surface area (TPSA) is 85.5 Å². The lowest BCUT2D eigenvalue weighted by molar-refractivity contribution is -0.136. The monoisotopic (exact) mass is 319 g/mol. The van der Waals surface area contributed by atoms with E-state index in [4.69, 9.17) is 14.2 Å². The third-order valence-corrected chi connectivity index (χ3v) is 3.56. The molecule has 1 atom stereocenters. The average Bonchev–Trinajstić information content (AvgIpc) is 3.07. The van der Waals surface area contributed by atoms with Gasteiger partial charge < -0.3 is 24.5 Å². The Kier molecular flexibility index (Phi) is 4.23. The molecule has 23 heavy (non-hydrogen) atoms. The lowest BCUT2D eigenvalue weighted by Crippen LogP contribution is -2.26. The molecule has 7 nitrogen and oxygen atoms in total. The number of benzene rings is 1. The number of H-pyrrole nitrogens is 1. The van der Waals surface area contributed by atoms with Crippen LogP contribution >= 0.6 is 0 Å². The molecule has 1 aliphatic rings. The Morgan fingerprint density at radius 3 is 3.04 bits per heavy atom. The number of aromatic amines is 1. The van der Waals surface area contributed by atoms with Gasteiger partial charge in [0.1, 0.15) is 6.10 Å². The van der Waals surface area contributed by atoms with Crippen molar-refractivity contribution in [2.24, 2.45) is 0 Å². The van der Waals surface area contributed by atoms with Gasteiger partial charge in [0.15, 0.2) is 5.79 Å². The zero-order valence-electron chi connectivity index (χ0n) is 13.5. The average molecular weight is 319 g/mol. The molecule has 0 saturated carbocycles. The second-order valence-electron chi connectivity index (χ2n) is 5.87. The molecule has 0 amide bonds. The van der Waals surface area contributed by atoms with E-state index >= 15 is 0 Å². The number of esters is 1. The lowest BCUT2D eigenvalue weighted by atomic mass is 10.2. The van der Waals surface area contributed by atoms with E-state index in [1.54, 1.807) is 25.1 Å². The maximum atomic E-state index is 11.8. The third-order valence-electron chi connectivity index (χ3n) is 3.56. The van der Waals surface area contributed by atoms with Gasteiger partial charge in [0.25, 0.3) is 0 Å². The fourth-order valence-corrected chi connectivity index (χ4v) is 2.51. The third kappa shape index (κ3) is 3.62. The van der Waals surface area contributed by atoms with Gasteiger partial charge in [-0.05, 0) is 39.0 Å². The number of carbonyl (C=O) groups excluding carboxylic acids is 1. The largest absolute Gasteiger partial charge is 0.462 e. The van der Waals surface area contributed by atoms with E-state index in [0.717, 1.165) is 11.0 Å². The minimum absolute atomic E-state index is 0.0201. The second-order valence-corrected chi connectivity index (χ2v) is 5.87. The van der Waals surface area contributed by atoms with Crippen molar-refractivity contribution in [3.63, 3.8) is 0 Å². The molecule has 0 unspecified atom stereocenters. The van der Waals surface area contributed by atoms with Crippen LogP contribution in [0.5, 0.6) is 0 Å². The highest BCUT2D eigenvalue weighted by Crippen LogP contribution is 2.23. The summed E-state index contributed by atoms with van der Waals surface area (Å²) in [6.07, 6.45) is -0.0201. The molecule has 1 saturated heterocycles. The smallest absolute Gasteiger partial charge is 0.338 e. The fraction of sp³-hybridized carbons (Fsp3) is 0.500. The summed E-state index contributed by atoms with van der Waals surface area (Å²) < 4.78 is 16.3. The second kappa shape index (κ2) is 6.17. The quantitative estimate of drug-likeness (QED) is 0.823. The molecule has 0 bridgehead atoms. The van der Waals surface area contributed by atoms with E-state index in [0.29, 0.717) is 31.3 Å². The number of aromatic nitrogens is 2. The first-order valence-electron chi connectivity index (χ1n) is 7.69. The van der Waals surface area contributed by atoms with Crippen LogP contribution in [-0.2, 0) is 14.2 Å². The Balaban J connectivity index is 1.67. The van der Waals surface area contributed by atoms with Crippen molar-refractivity contribution in [3.05, 3.63) is 23.8 Å². The summed E-state index contributed by atoms with van der Waals surface area (Å²) in [6.45, 7) is 7.06. The summed E-state index contributed by atoms with van der Waals surface area (Å²) in [7, 11) is 0. The van der Waals surface area contributed by atoms with Gasteiger partial charge in [-0.3, -0.25) is 0 Å². The van der Waals surface area contributed by atoms with Crippen molar-refractivity contribution in [2.75, 3.05) is 25.1 Å². The summed E-state index contributed by atoms with van der Waals surface area (Å²) >= 11 is 0. The number of rotatable bonds is 5. The molecule has 2 N–H and O–H groups in total. The number of nitrogens with one attached hydrogen (secondary N) is 2. The normalized spacial score (nSPS) is 19.9. The molecule has 124 valence electrons. The first-order valence-corrected chi connectivity index (χ1v) is 7.69. The van der Waals surface area contributed by atoms with Crippen molar-refractivity contribution in [3.8, 4) is 0 Å². The molecule has 1 aromatic heterocycles. The van der Waals surface area contributed by atoms with E-state index in [1.165, 1.54) is 0 Å². The number of anilines is 1. The highest BCUT2D eigenvalue weighted by atomic mass is 16.7. The van der Waals surface area contributed by atoms with Crippen LogP contribution in [0.15, 0.2) is 18.2 Å². The van der Waals surface area contributed by atoms with Crippen molar-refractivity contribution < 1.29 is 19.0 Å². The highest BCUT2D eigenvalue weighted by molar-refractivity contribution is 5.94. The number of hydrogen-bond donors (Lipinski definition) is 2. The van der Waals surface area contributed by atoms with Crippen molar-refractivity contribution >= 4 is 23.0 Å². The minimum Gasteiger partial charge on any atom is -0.462 e. The molecule has 1 aliphatic heterocycles. The molecule has 2 heterocycles. The van der Waals surface area contributed by atoms with Crippen molar-refractivity contribution in [1.29, 1.82) is 0 Å². The van der Waals surface area contributed by atoms with Gasteiger partial charge in [0.2, 0.25) is 5.95 Å². The van der Waals surface area contributed by atoms with Crippen molar-refractivity contribution in [2.45, 2.75) is 32.7 Å². The summed E-state index contributed by atoms with van der Waals surface area (Å²) in [5.41, 5.74) is 2.07. The van der Waals surface area contributed by atoms with Crippen LogP contribution in [0, 0.1) is 0 Å². The lowest BCUT2D eigenvalue weighted by Gasteiger charge is -2.17. The number of imidazole rings is 1. The number of fused-ring (bicyclic) bond motifs is 1. The number of nitrogens with zero attached hydrogens (tertiary/aromatic N) is 1. The summed E-state index contributed by atoms with van der Waals surface area (Å²) in [5.74, 6) is -0.235. The zero-order chi connectivity index (χ0) is 16.4. The summed E-state index contributed by atoms with van der Waals surface area (Å²) in [4.78, 5) is 19.3. The Morgan fingerprint density at radius 2 is 2.35 bits per heavy atom. The predicted octanol–water partition coefficient (Wildman–Crippen LogP) is 2.30. The predicted molar refractivity (Wildman–Crippen MR) is 85.4 cm³/mol. The van der Waals surface area contributed by atoms with E-state index in [2.05, 4.69) is 15.3 Å². The first-order chi connectivity index (χ1) is 11.0. The van der Waals surface area contributed by atoms with E-state index in [-0.39, 0.29) is 12.1 Å². The van der Waals surface area contributed by atoms with Crippen LogP contribution in [0.25, 0.3) is 11.0 Å². The van der Waals surface area contributed by atoms with Crippen LogP contribution in [0.2, 0.25) is 0 Å². The number of ether oxygens (including phenoxy) is 3. The van der Waals surface area contributed by atoms with Crippen LogP contribution in [-0.4, -0.2) is 47.6 Å². The van der Waals surface area contributed by atoms with Gasteiger partial charge in [-0.2, -0.15) is 0 Å². The molecular weight excluding hydrogens is 298 g/mol. The molecular formula is C16H21N3O4. The molecule has 3 rings (SSSR count). The maximum absolute atomic E-state index is 11.8. The van der Waals surface area contributed by atoms with Gasteiger partial charge in [-0.1, -0.05) is 0 Å². The van der Waals surface area contributed by atoms with E-state index < -0.39 is 5.79 Å². The van der Waals surface area contributed by atoms with Gasteiger partial charge in [-0.15, -0.1) is 0 Å². The maximum Gasteiger partial charge on any atom is 0.338 e. The highest BCUT2D eigenvalue weighted by Gasteiger charge is 2.32. The zero-order valence-corrected chi connectivity index (χ0v) is 13.5. The van der Waals surface area contributed by atoms with Crippen LogP contribution < -0.4 is 5.32 Å². The molecule has 0 spiro atoms. The Labute approximate surface area is 134 Å². The van der Waals surface area contributed by atoms with Gasteiger partial charge in [0.05, 0.1) is 29.8 Å². The minimum atomic E-state index is -0.533. The van der Waals surface area contributed by atoms with Gasteiger partial charge >= 0.3 is 5.97 Å². The van der Waals surface area contributed by atoms with Crippen molar-refractivity contribution in [1.82, 2.24) is 9.97 Å². The van der Waals surface area contributed by atoms with E-state index in [9.17, 15) is 4.79 Å². The number of hydrogen-bond acceptors (Lipinski definition) is 6. The number of carbonyl (C=O) groups is 1. The molecule has 0 aliphatic carbocycles.